The number of unbranched alkanes of at least 4 members (excludes halogenated alkanes) is 3. The summed E-state index contributed by atoms with van der Waals surface area (Å²) < 4.78 is 0. The van der Waals surface area contributed by atoms with Gasteiger partial charge in [0.2, 0.25) is 0 Å². The highest BCUT2D eigenvalue weighted by atomic mass is 16.1. The molecule has 0 amide bonds. The van der Waals surface area contributed by atoms with Crippen molar-refractivity contribution in [3.8, 4) is 0 Å². The topological polar surface area (TPSA) is 17.1 Å². The number of rotatable bonds is 9. The van der Waals surface area contributed by atoms with Crippen LogP contribution in [0.4, 0.5) is 0 Å². The van der Waals surface area contributed by atoms with Crippen LogP contribution in [0.25, 0.3) is 0 Å². The maximum Gasteiger partial charge on any atom is 0.133 e. The van der Waals surface area contributed by atoms with Crippen molar-refractivity contribution in [1.29, 1.82) is 0 Å². The van der Waals surface area contributed by atoms with E-state index in [2.05, 4.69) is 27.7 Å². The van der Waals surface area contributed by atoms with Gasteiger partial charge >= 0.3 is 0 Å². The Bertz CT molecular complexity index is 159. The molecule has 0 unspecified atom stereocenters. The normalized spacial score (nSPS) is 11.3. The molecule has 0 N–H and O–H groups in total. The zero-order chi connectivity index (χ0) is 11.7. The first-order valence-corrected chi connectivity index (χ1v) is 6.54. The maximum absolute atomic E-state index is 11.4. The van der Waals surface area contributed by atoms with Gasteiger partial charge in [0.1, 0.15) is 5.78 Å². The second kappa shape index (κ2) is 8.94. The van der Waals surface area contributed by atoms with Crippen LogP contribution in [0.3, 0.4) is 0 Å². The molecule has 0 aliphatic carbocycles. The molecule has 0 saturated heterocycles. The fraction of sp³-hybridized carbons (Fsp3) is 0.929. The lowest BCUT2D eigenvalue weighted by Gasteiger charge is -2.05. The second-order valence-electron chi connectivity index (χ2n) is 5.48. The van der Waals surface area contributed by atoms with Crippen LogP contribution in [-0.2, 0) is 4.79 Å². The SMILES string of the molecule is CC(C)CCCCCCC(=O)CC(C)C. The molecule has 0 saturated carbocycles. The van der Waals surface area contributed by atoms with E-state index in [4.69, 9.17) is 0 Å². The van der Waals surface area contributed by atoms with E-state index in [0.717, 1.165) is 25.2 Å². The molecule has 0 rings (SSSR count). The van der Waals surface area contributed by atoms with E-state index >= 15 is 0 Å². The van der Waals surface area contributed by atoms with Gasteiger partial charge in [0, 0.05) is 12.8 Å². The van der Waals surface area contributed by atoms with Crippen molar-refractivity contribution in [3.63, 3.8) is 0 Å². The Labute approximate surface area is 95.6 Å². The maximum atomic E-state index is 11.4. The van der Waals surface area contributed by atoms with Crippen LogP contribution < -0.4 is 0 Å². The fourth-order valence-electron chi connectivity index (χ4n) is 1.79. The zero-order valence-electron chi connectivity index (χ0n) is 11.0. The lowest BCUT2D eigenvalue weighted by molar-refractivity contribution is -0.119. The third-order valence-corrected chi connectivity index (χ3v) is 2.62. The van der Waals surface area contributed by atoms with E-state index in [-0.39, 0.29) is 0 Å². The Morgan fingerprint density at radius 2 is 1.47 bits per heavy atom. The minimum Gasteiger partial charge on any atom is -0.300 e. The summed E-state index contributed by atoms with van der Waals surface area (Å²) >= 11 is 0. The van der Waals surface area contributed by atoms with Crippen LogP contribution in [0, 0.1) is 11.8 Å². The standard InChI is InChI=1S/C14H28O/c1-12(2)9-7-5-6-8-10-14(15)11-13(3)4/h12-13H,5-11H2,1-4H3. The number of carbonyl (C=O) groups is 1. The molecule has 0 aliphatic heterocycles. The molecule has 0 aliphatic rings. The third kappa shape index (κ3) is 11.6. The summed E-state index contributed by atoms with van der Waals surface area (Å²) in [5.74, 6) is 1.81. The van der Waals surface area contributed by atoms with Gasteiger partial charge in [0.25, 0.3) is 0 Å². The molecule has 15 heavy (non-hydrogen) atoms. The van der Waals surface area contributed by atoms with Crippen molar-refractivity contribution >= 4 is 5.78 Å². The van der Waals surface area contributed by atoms with E-state index in [9.17, 15) is 4.79 Å². The van der Waals surface area contributed by atoms with Crippen LogP contribution in [0.5, 0.6) is 0 Å². The predicted molar refractivity (Wildman–Crippen MR) is 67.0 cm³/mol. The van der Waals surface area contributed by atoms with E-state index in [1.807, 2.05) is 0 Å². The molecule has 0 aromatic rings. The van der Waals surface area contributed by atoms with E-state index < -0.39 is 0 Å². The molecule has 0 aromatic heterocycles. The van der Waals surface area contributed by atoms with Crippen molar-refractivity contribution < 1.29 is 4.79 Å². The molecule has 1 heteroatoms. The van der Waals surface area contributed by atoms with Crippen molar-refractivity contribution in [2.24, 2.45) is 11.8 Å². The van der Waals surface area contributed by atoms with E-state index in [1.54, 1.807) is 0 Å². The summed E-state index contributed by atoms with van der Waals surface area (Å²) in [4.78, 5) is 11.4. The van der Waals surface area contributed by atoms with Crippen LogP contribution in [-0.4, -0.2) is 5.78 Å². The van der Waals surface area contributed by atoms with Crippen LogP contribution in [0.15, 0.2) is 0 Å². The van der Waals surface area contributed by atoms with Crippen molar-refractivity contribution in [3.05, 3.63) is 0 Å². The summed E-state index contributed by atoms with van der Waals surface area (Å²) in [6.07, 6.45) is 7.87. The average Bonchev–Trinajstić information content (AvgIpc) is 2.09. The predicted octanol–water partition coefficient (Wildman–Crippen LogP) is 4.60. The Kier molecular flexibility index (Phi) is 8.74. The van der Waals surface area contributed by atoms with Gasteiger partial charge in [-0.1, -0.05) is 53.4 Å². The molecular weight excluding hydrogens is 184 g/mol. The first-order chi connectivity index (χ1) is 7.02. The zero-order valence-corrected chi connectivity index (χ0v) is 11.0. The van der Waals surface area contributed by atoms with Gasteiger partial charge < -0.3 is 0 Å². The molecule has 0 heterocycles. The molecule has 1 nitrogen and oxygen atoms in total. The van der Waals surface area contributed by atoms with Crippen LogP contribution >= 0.6 is 0 Å². The van der Waals surface area contributed by atoms with Gasteiger partial charge in [-0.05, 0) is 18.3 Å². The van der Waals surface area contributed by atoms with Crippen molar-refractivity contribution in [2.45, 2.75) is 72.6 Å². The molecule has 0 bridgehead atoms. The molecule has 0 fully saturated rings. The Morgan fingerprint density at radius 3 is 2.00 bits per heavy atom. The number of ketones is 1. The van der Waals surface area contributed by atoms with Gasteiger partial charge in [-0.25, -0.2) is 0 Å². The highest BCUT2D eigenvalue weighted by molar-refractivity contribution is 5.78. The number of Topliss-reactive ketones (excluding diaryl/α,β-unsaturated/α-hetero) is 1. The molecule has 0 spiro atoms. The van der Waals surface area contributed by atoms with Gasteiger partial charge in [-0.2, -0.15) is 0 Å². The van der Waals surface area contributed by atoms with Crippen molar-refractivity contribution in [2.75, 3.05) is 0 Å². The summed E-state index contributed by atoms with van der Waals surface area (Å²) in [5, 5.41) is 0. The summed E-state index contributed by atoms with van der Waals surface area (Å²) in [6, 6.07) is 0. The van der Waals surface area contributed by atoms with Crippen LogP contribution in [0.1, 0.15) is 72.6 Å². The van der Waals surface area contributed by atoms with E-state index in [0.29, 0.717) is 11.7 Å². The van der Waals surface area contributed by atoms with Crippen LogP contribution in [0.2, 0.25) is 0 Å². The molecule has 0 atom stereocenters. The highest BCUT2D eigenvalue weighted by Gasteiger charge is 2.04. The molecule has 0 aromatic carbocycles. The largest absolute Gasteiger partial charge is 0.300 e. The fourth-order valence-corrected chi connectivity index (χ4v) is 1.79. The lowest BCUT2D eigenvalue weighted by Crippen LogP contribution is -2.02. The van der Waals surface area contributed by atoms with Gasteiger partial charge in [-0.3, -0.25) is 4.79 Å². The van der Waals surface area contributed by atoms with Crippen molar-refractivity contribution in [1.82, 2.24) is 0 Å². The third-order valence-electron chi connectivity index (χ3n) is 2.62. The smallest absolute Gasteiger partial charge is 0.133 e. The lowest BCUT2D eigenvalue weighted by atomic mass is 10.0. The second-order valence-corrected chi connectivity index (χ2v) is 5.48. The quantitative estimate of drug-likeness (QED) is 0.511. The number of carbonyl (C=O) groups excluding carboxylic acids is 1. The highest BCUT2D eigenvalue weighted by Crippen LogP contribution is 2.12. The Hall–Kier alpha value is -0.330. The molecular formula is C14H28O. The first-order valence-electron chi connectivity index (χ1n) is 6.54. The summed E-state index contributed by atoms with van der Waals surface area (Å²) in [6.45, 7) is 8.76. The summed E-state index contributed by atoms with van der Waals surface area (Å²) in [5.41, 5.74) is 0. The van der Waals surface area contributed by atoms with E-state index in [1.165, 1.54) is 25.7 Å². The summed E-state index contributed by atoms with van der Waals surface area (Å²) in [7, 11) is 0. The van der Waals surface area contributed by atoms with Gasteiger partial charge in [0.15, 0.2) is 0 Å². The average molecular weight is 212 g/mol. The van der Waals surface area contributed by atoms with Gasteiger partial charge in [0.05, 0.1) is 0 Å². The molecule has 90 valence electrons. The minimum atomic E-state index is 0.453. The monoisotopic (exact) mass is 212 g/mol. The minimum absolute atomic E-state index is 0.453. The van der Waals surface area contributed by atoms with Gasteiger partial charge in [-0.15, -0.1) is 0 Å². The Balaban J connectivity index is 3.20. The molecule has 0 radical (unpaired) electrons. The Morgan fingerprint density at radius 1 is 0.867 bits per heavy atom. The first kappa shape index (κ1) is 14.7. The number of hydrogen-bond acceptors (Lipinski definition) is 1. The number of hydrogen-bond donors (Lipinski definition) is 0.